The van der Waals surface area contributed by atoms with Crippen molar-refractivity contribution in [3.63, 3.8) is 0 Å². The van der Waals surface area contributed by atoms with E-state index in [1.54, 1.807) is 6.92 Å². The maximum absolute atomic E-state index is 12.7. The summed E-state index contributed by atoms with van der Waals surface area (Å²) in [6.07, 6.45) is -2.69. The van der Waals surface area contributed by atoms with Gasteiger partial charge in [-0.25, -0.2) is 18.6 Å². The predicted molar refractivity (Wildman–Crippen MR) is 56.4 cm³/mol. The van der Waals surface area contributed by atoms with Crippen LogP contribution in [0.1, 0.15) is 35.0 Å². The summed E-state index contributed by atoms with van der Waals surface area (Å²) >= 11 is 0. The van der Waals surface area contributed by atoms with Gasteiger partial charge < -0.3 is 9.47 Å². The summed E-state index contributed by atoms with van der Waals surface area (Å²) < 4.78 is 34.9. The van der Waals surface area contributed by atoms with Gasteiger partial charge in [0.2, 0.25) is 5.88 Å². The molecule has 0 radical (unpaired) electrons. The van der Waals surface area contributed by atoms with Crippen molar-refractivity contribution >= 4 is 5.97 Å². The molecule has 0 fully saturated rings. The topological polar surface area (TPSA) is 48.4 Å². The SMILES string of the molecule is CCOC(=O)c1cc(C(F)F)c(C)nc1OC. The fourth-order valence-electron chi connectivity index (χ4n) is 1.33. The highest BCUT2D eigenvalue weighted by Gasteiger charge is 2.21. The summed E-state index contributed by atoms with van der Waals surface area (Å²) in [7, 11) is 1.31. The number of hydrogen-bond donors (Lipinski definition) is 0. The number of nitrogens with zero attached hydrogens (tertiary/aromatic N) is 1. The van der Waals surface area contributed by atoms with Gasteiger partial charge in [-0.05, 0) is 19.9 Å². The van der Waals surface area contributed by atoms with Gasteiger partial charge in [0.1, 0.15) is 5.56 Å². The lowest BCUT2D eigenvalue weighted by Crippen LogP contribution is -2.10. The van der Waals surface area contributed by atoms with Crippen molar-refractivity contribution in [1.29, 1.82) is 0 Å². The van der Waals surface area contributed by atoms with Crippen molar-refractivity contribution in [3.05, 3.63) is 22.9 Å². The molecule has 0 atom stereocenters. The van der Waals surface area contributed by atoms with Crippen LogP contribution in [0.2, 0.25) is 0 Å². The molecular formula is C11H13F2NO3. The van der Waals surface area contributed by atoms with E-state index in [0.717, 1.165) is 6.07 Å². The molecule has 17 heavy (non-hydrogen) atoms. The molecule has 0 saturated carbocycles. The van der Waals surface area contributed by atoms with Crippen molar-refractivity contribution in [2.45, 2.75) is 20.3 Å². The highest BCUT2D eigenvalue weighted by Crippen LogP contribution is 2.27. The number of aryl methyl sites for hydroxylation is 1. The number of aromatic nitrogens is 1. The number of rotatable bonds is 4. The van der Waals surface area contributed by atoms with Crippen molar-refractivity contribution in [3.8, 4) is 5.88 Å². The van der Waals surface area contributed by atoms with E-state index in [0.29, 0.717) is 0 Å². The molecule has 0 bridgehead atoms. The van der Waals surface area contributed by atoms with Crippen molar-refractivity contribution < 1.29 is 23.0 Å². The molecule has 0 N–H and O–H groups in total. The minimum absolute atomic E-state index is 0.00894. The van der Waals surface area contributed by atoms with Crippen molar-refractivity contribution in [2.24, 2.45) is 0 Å². The summed E-state index contributed by atoms with van der Waals surface area (Å²) in [4.78, 5) is 15.3. The molecule has 1 rings (SSSR count). The van der Waals surface area contributed by atoms with Crippen molar-refractivity contribution in [1.82, 2.24) is 4.98 Å². The molecule has 0 aromatic carbocycles. The molecule has 0 aliphatic rings. The Morgan fingerprint density at radius 1 is 1.53 bits per heavy atom. The number of methoxy groups -OCH3 is 1. The Morgan fingerprint density at radius 3 is 2.65 bits per heavy atom. The molecule has 1 aromatic heterocycles. The van der Waals surface area contributed by atoms with E-state index in [4.69, 9.17) is 9.47 Å². The Bertz CT molecular complexity index is 421. The molecule has 0 spiro atoms. The first kappa shape index (κ1) is 13.3. The second-order valence-electron chi connectivity index (χ2n) is 3.24. The van der Waals surface area contributed by atoms with Gasteiger partial charge >= 0.3 is 5.97 Å². The predicted octanol–water partition coefficient (Wildman–Crippen LogP) is 2.51. The third kappa shape index (κ3) is 2.89. The van der Waals surface area contributed by atoms with Crippen LogP contribution >= 0.6 is 0 Å². The number of carbonyl (C=O) groups excluding carboxylic acids is 1. The lowest BCUT2D eigenvalue weighted by molar-refractivity contribution is 0.0521. The molecule has 0 unspecified atom stereocenters. The van der Waals surface area contributed by atoms with E-state index in [9.17, 15) is 13.6 Å². The van der Waals surface area contributed by atoms with E-state index in [1.165, 1.54) is 14.0 Å². The van der Waals surface area contributed by atoms with Crippen LogP contribution < -0.4 is 4.74 Å². The zero-order valence-corrected chi connectivity index (χ0v) is 9.79. The Balaban J connectivity index is 3.26. The third-order valence-corrected chi connectivity index (χ3v) is 2.14. The molecular weight excluding hydrogens is 232 g/mol. The zero-order chi connectivity index (χ0) is 13.0. The molecule has 4 nitrogen and oxygen atoms in total. The summed E-state index contributed by atoms with van der Waals surface area (Å²) in [5.74, 6) is -0.732. The van der Waals surface area contributed by atoms with Gasteiger partial charge in [0.05, 0.1) is 19.4 Å². The number of pyridine rings is 1. The second kappa shape index (κ2) is 5.56. The molecule has 1 aromatic rings. The number of esters is 1. The number of halogens is 2. The molecule has 6 heteroatoms. The number of carbonyl (C=O) groups is 1. The number of ether oxygens (including phenoxy) is 2. The molecule has 94 valence electrons. The molecule has 1 heterocycles. The van der Waals surface area contributed by atoms with Crippen LogP contribution in [0.4, 0.5) is 8.78 Å². The average Bonchev–Trinajstić information content (AvgIpc) is 2.28. The van der Waals surface area contributed by atoms with Gasteiger partial charge in [-0.15, -0.1) is 0 Å². The lowest BCUT2D eigenvalue weighted by atomic mass is 10.1. The van der Waals surface area contributed by atoms with Gasteiger partial charge in [0.25, 0.3) is 6.43 Å². The summed E-state index contributed by atoms with van der Waals surface area (Å²) in [5.41, 5.74) is -0.256. The van der Waals surface area contributed by atoms with Crippen LogP contribution in [0.15, 0.2) is 6.07 Å². The largest absolute Gasteiger partial charge is 0.480 e. The molecule has 0 aliphatic heterocycles. The molecule has 0 saturated heterocycles. The maximum atomic E-state index is 12.7. The van der Waals surface area contributed by atoms with E-state index in [-0.39, 0.29) is 29.3 Å². The van der Waals surface area contributed by atoms with Crippen LogP contribution in [-0.2, 0) is 4.74 Å². The first-order chi connectivity index (χ1) is 8.01. The smallest absolute Gasteiger partial charge is 0.343 e. The van der Waals surface area contributed by atoms with E-state index < -0.39 is 12.4 Å². The highest BCUT2D eigenvalue weighted by atomic mass is 19.3. The number of alkyl halides is 2. The van der Waals surface area contributed by atoms with Gasteiger partial charge in [-0.3, -0.25) is 0 Å². The Hall–Kier alpha value is -1.72. The normalized spacial score (nSPS) is 10.5. The van der Waals surface area contributed by atoms with E-state index in [1.807, 2.05) is 0 Å². The van der Waals surface area contributed by atoms with Crippen LogP contribution in [0.5, 0.6) is 5.88 Å². The van der Waals surface area contributed by atoms with Gasteiger partial charge in [0.15, 0.2) is 0 Å². The lowest BCUT2D eigenvalue weighted by Gasteiger charge is -2.11. The Labute approximate surface area is 97.6 Å². The monoisotopic (exact) mass is 245 g/mol. The maximum Gasteiger partial charge on any atom is 0.343 e. The standard InChI is InChI=1S/C11H13F2NO3/c1-4-17-11(15)8-5-7(9(12)13)6(2)14-10(8)16-3/h5,9H,4H2,1-3H3. The van der Waals surface area contributed by atoms with Gasteiger partial charge in [-0.2, -0.15) is 0 Å². The first-order valence-electron chi connectivity index (χ1n) is 5.02. The third-order valence-electron chi connectivity index (χ3n) is 2.14. The molecule has 0 aliphatic carbocycles. The highest BCUT2D eigenvalue weighted by molar-refractivity contribution is 5.92. The first-order valence-corrected chi connectivity index (χ1v) is 5.02. The summed E-state index contributed by atoms with van der Waals surface area (Å²) in [6.45, 7) is 3.21. The van der Waals surface area contributed by atoms with Crippen LogP contribution in [0.3, 0.4) is 0 Å². The minimum Gasteiger partial charge on any atom is -0.480 e. The fraction of sp³-hybridized carbons (Fsp3) is 0.455. The van der Waals surface area contributed by atoms with E-state index >= 15 is 0 Å². The van der Waals surface area contributed by atoms with Gasteiger partial charge in [-0.1, -0.05) is 0 Å². The van der Waals surface area contributed by atoms with E-state index in [2.05, 4.69) is 4.98 Å². The fourth-order valence-corrected chi connectivity index (χ4v) is 1.33. The quantitative estimate of drug-likeness (QED) is 0.765. The Morgan fingerprint density at radius 2 is 2.18 bits per heavy atom. The number of hydrogen-bond acceptors (Lipinski definition) is 4. The minimum atomic E-state index is -2.69. The van der Waals surface area contributed by atoms with Crippen molar-refractivity contribution in [2.75, 3.05) is 13.7 Å². The van der Waals surface area contributed by atoms with Crippen LogP contribution in [0.25, 0.3) is 0 Å². The second-order valence-corrected chi connectivity index (χ2v) is 3.24. The van der Waals surface area contributed by atoms with Crippen LogP contribution in [-0.4, -0.2) is 24.7 Å². The van der Waals surface area contributed by atoms with Crippen LogP contribution in [0, 0.1) is 6.92 Å². The van der Waals surface area contributed by atoms with Gasteiger partial charge in [0, 0.05) is 5.56 Å². The zero-order valence-electron chi connectivity index (χ0n) is 9.79. The molecule has 0 amide bonds. The average molecular weight is 245 g/mol. The summed E-state index contributed by atoms with van der Waals surface area (Å²) in [5, 5.41) is 0. The Kier molecular flexibility index (Phi) is 4.37. The summed E-state index contributed by atoms with van der Waals surface area (Å²) in [6, 6.07) is 1.06.